The van der Waals surface area contributed by atoms with Crippen molar-refractivity contribution in [3.8, 4) is 11.8 Å². The first-order valence-electron chi connectivity index (χ1n) is 6.36. The summed E-state index contributed by atoms with van der Waals surface area (Å²) in [5, 5.41) is 2.42. The average molecular weight is 353 g/mol. The second-order valence-corrected chi connectivity index (χ2v) is 5.58. The summed E-state index contributed by atoms with van der Waals surface area (Å²) in [5.74, 6) is 4.60. The molecule has 124 valence electrons. The minimum Gasteiger partial charge on any atom is -0.366 e. The van der Waals surface area contributed by atoms with E-state index in [0.29, 0.717) is 10.4 Å². The van der Waals surface area contributed by atoms with E-state index in [0.717, 1.165) is 23.5 Å². The molecule has 1 heterocycles. The fourth-order valence-corrected chi connectivity index (χ4v) is 2.64. The number of nitrogens with one attached hydrogen (secondary N) is 1. The van der Waals surface area contributed by atoms with E-state index in [1.54, 1.807) is 0 Å². The summed E-state index contributed by atoms with van der Waals surface area (Å²) >= 11 is 0.976. The number of anilines is 1. The molecular weight excluding hydrogens is 343 g/mol. The third-order valence-electron chi connectivity index (χ3n) is 2.78. The summed E-state index contributed by atoms with van der Waals surface area (Å²) < 4.78 is 37.4. The summed E-state index contributed by atoms with van der Waals surface area (Å²) in [6.45, 7) is 0. The Bertz CT molecular complexity index is 846. The zero-order valence-electron chi connectivity index (χ0n) is 11.9. The lowest BCUT2D eigenvalue weighted by Crippen LogP contribution is -2.21. The lowest BCUT2D eigenvalue weighted by atomic mass is 10.1. The van der Waals surface area contributed by atoms with Crippen molar-refractivity contribution in [1.29, 1.82) is 0 Å². The van der Waals surface area contributed by atoms with Crippen molar-refractivity contribution in [2.24, 2.45) is 11.5 Å². The molecule has 1 aromatic heterocycles. The first kappa shape index (κ1) is 17.4. The van der Waals surface area contributed by atoms with Gasteiger partial charge in [0.25, 0.3) is 5.91 Å². The highest BCUT2D eigenvalue weighted by molar-refractivity contribution is 7.17. The minimum atomic E-state index is -4.41. The van der Waals surface area contributed by atoms with Crippen LogP contribution in [0.1, 0.15) is 26.4 Å². The highest BCUT2D eigenvalue weighted by Crippen LogP contribution is 2.29. The van der Waals surface area contributed by atoms with Gasteiger partial charge < -0.3 is 11.5 Å². The van der Waals surface area contributed by atoms with Gasteiger partial charge in [-0.25, -0.2) is 4.79 Å². The number of thiophene rings is 1. The Labute approximate surface area is 138 Å². The number of amides is 3. The van der Waals surface area contributed by atoms with Crippen molar-refractivity contribution in [2.75, 3.05) is 5.32 Å². The standard InChI is InChI=1S/C15H10F3N3O2S/c16-15(17,18)9-4-1-8(2-5-9)3-6-10-7-11(12(19)22)13(24-10)21-14(20)23/h1-2,4-5,7H,(H2,19,22)(H3,20,21,23). The molecule has 0 radical (unpaired) electrons. The van der Waals surface area contributed by atoms with Gasteiger partial charge in [-0.1, -0.05) is 11.8 Å². The van der Waals surface area contributed by atoms with E-state index in [-0.39, 0.29) is 10.6 Å². The number of alkyl halides is 3. The van der Waals surface area contributed by atoms with Gasteiger partial charge in [0.2, 0.25) is 0 Å². The third kappa shape index (κ3) is 4.27. The van der Waals surface area contributed by atoms with Crippen LogP contribution in [0, 0.1) is 11.8 Å². The number of halogens is 3. The van der Waals surface area contributed by atoms with E-state index >= 15 is 0 Å². The van der Waals surface area contributed by atoms with Gasteiger partial charge >= 0.3 is 12.2 Å². The number of nitrogens with two attached hydrogens (primary N) is 2. The second kappa shape index (κ2) is 6.64. The molecule has 0 spiro atoms. The SMILES string of the molecule is NC(=O)Nc1sc(C#Cc2ccc(C(F)(F)F)cc2)cc1C(N)=O. The van der Waals surface area contributed by atoms with E-state index in [2.05, 4.69) is 17.2 Å². The number of hydrogen-bond donors (Lipinski definition) is 3. The summed E-state index contributed by atoms with van der Waals surface area (Å²) in [4.78, 5) is 22.6. The molecule has 0 atom stereocenters. The van der Waals surface area contributed by atoms with Crippen molar-refractivity contribution in [1.82, 2.24) is 0 Å². The molecule has 9 heteroatoms. The highest BCUT2D eigenvalue weighted by Gasteiger charge is 2.29. The molecule has 0 fully saturated rings. The molecule has 0 aliphatic heterocycles. The maximum atomic E-state index is 12.5. The molecule has 1 aromatic carbocycles. The quantitative estimate of drug-likeness (QED) is 0.724. The molecule has 5 N–H and O–H groups in total. The van der Waals surface area contributed by atoms with E-state index in [9.17, 15) is 22.8 Å². The number of urea groups is 1. The molecule has 3 amide bonds. The van der Waals surface area contributed by atoms with E-state index in [1.807, 2.05) is 0 Å². The van der Waals surface area contributed by atoms with Crippen LogP contribution in [0.25, 0.3) is 0 Å². The number of carbonyl (C=O) groups is 2. The molecule has 0 aliphatic rings. The van der Waals surface area contributed by atoms with E-state index in [1.165, 1.54) is 18.2 Å². The van der Waals surface area contributed by atoms with Crippen molar-refractivity contribution >= 4 is 28.3 Å². The fourth-order valence-electron chi connectivity index (χ4n) is 1.72. The monoisotopic (exact) mass is 353 g/mol. The molecule has 2 aromatic rings. The number of carbonyl (C=O) groups excluding carboxylic acids is 2. The average Bonchev–Trinajstić information content (AvgIpc) is 2.87. The first-order chi connectivity index (χ1) is 11.2. The smallest absolute Gasteiger partial charge is 0.366 e. The lowest BCUT2D eigenvalue weighted by Gasteiger charge is -2.05. The maximum absolute atomic E-state index is 12.5. The van der Waals surface area contributed by atoms with Gasteiger partial charge in [0.05, 0.1) is 16.0 Å². The van der Waals surface area contributed by atoms with Crippen molar-refractivity contribution in [3.05, 3.63) is 51.9 Å². The Balaban J connectivity index is 2.27. The van der Waals surface area contributed by atoms with Crippen molar-refractivity contribution in [2.45, 2.75) is 6.18 Å². The van der Waals surface area contributed by atoms with Crippen LogP contribution in [0.2, 0.25) is 0 Å². The van der Waals surface area contributed by atoms with Gasteiger partial charge in [0.1, 0.15) is 5.00 Å². The van der Waals surface area contributed by atoms with Gasteiger partial charge in [-0.2, -0.15) is 13.2 Å². The summed E-state index contributed by atoms with van der Waals surface area (Å²) in [6, 6.07) is 4.83. The van der Waals surface area contributed by atoms with Gasteiger partial charge in [-0.05, 0) is 30.3 Å². The van der Waals surface area contributed by atoms with Crippen LogP contribution in [0.4, 0.5) is 23.0 Å². The largest absolute Gasteiger partial charge is 0.416 e. The molecule has 0 saturated carbocycles. The van der Waals surface area contributed by atoms with Crippen LogP contribution in [0.5, 0.6) is 0 Å². The Hall–Kier alpha value is -2.99. The number of rotatable bonds is 2. The molecule has 0 bridgehead atoms. The van der Waals surface area contributed by atoms with Crippen LogP contribution < -0.4 is 16.8 Å². The van der Waals surface area contributed by atoms with Crippen LogP contribution in [0.15, 0.2) is 30.3 Å². The Morgan fingerprint density at radius 2 is 1.71 bits per heavy atom. The molecule has 2 rings (SSSR count). The van der Waals surface area contributed by atoms with Crippen LogP contribution >= 0.6 is 11.3 Å². The molecule has 0 saturated heterocycles. The summed E-state index contributed by atoms with van der Waals surface area (Å²) in [5.41, 5.74) is 9.83. The molecule has 24 heavy (non-hydrogen) atoms. The summed E-state index contributed by atoms with van der Waals surface area (Å²) in [6.07, 6.45) is -4.41. The number of benzene rings is 1. The van der Waals surface area contributed by atoms with E-state index in [4.69, 9.17) is 11.5 Å². The fraction of sp³-hybridized carbons (Fsp3) is 0.0667. The minimum absolute atomic E-state index is 0.0514. The Morgan fingerprint density at radius 3 is 2.21 bits per heavy atom. The van der Waals surface area contributed by atoms with Crippen molar-refractivity contribution < 1.29 is 22.8 Å². The molecule has 5 nitrogen and oxygen atoms in total. The highest BCUT2D eigenvalue weighted by atomic mass is 32.1. The predicted octanol–water partition coefficient (Wildman–Crippen LogP) is 2.76. The van der Waals surface area contributed by atoms with Crippen LogP contribution in [-0.4, -0.2) is 11.9 Å². The predicted molar refractivity (Wildman–Crippen MR) is 83.5 cm³/mol. The normalized spacial score (nSPS) is 10.6. The maximum Gasteiger partial charge on any atom is 0.416 e. The van der Waals surface area contributed by atoms with Crippen LogP contribution in [-0.2, 0) is 6.18 Å². The van der Waals surface area contributed by atoms with Gasteiger partial charge in [0.15, 0.2) is 0 Å². The van der Waals surface area contributed by atoms with Crippen molar-refractivity contribution in [3.63, 3.8) is 0 Å². The molecular formula is C15H10F3N3O2S. The second-order valence-electron chi connectivity index (χ2n) is 4.53. The number of primary amides is 2. The third-order valence-corrected chi connectivity index (χ3v) is 3.74. The lowest BCUT2D eigenvalue weighted by molar-refractivity contribution is -0.137. The van der Waals surface area contributed by atoms with Crippen LogP contribution in [0.3, 0.4) is 0 Å². The molecule has 0 unspecified atom stereocenters. The van der Waals surface area contributed by atoms with Gasteiger partial charge in [-0.15, -0.1) is 11.3 Å². The molecule has 0 aliphatic carbocycles. The van der Waals surface area contributed by atoms with Gasteiger partial charge in [0, 0.05) is 5.56 Å². The Morgan fingerprint density at radius 1 is 1.08 bits per heavy atom. The van der Waals surface area contributed by atoms with Gasteiger partial charge in [-0.3, -0.25) is 10.1 Å². The summed E-state index contributed by atoms with van der Waals surface area (Å²) in [7, 11) is 0. The topological polar surface area (TPSA) is 98.2 Å². The van der Waals surface area contributed by atoms with E-state index < -0.39 is 23.7 Å². The zero-order chi connectivity index (χ0) is 17.9. The first-order valence-corrected chi connectivity index (χ1v) is 7.18. The number of hydrogen-bond acceptors (Lipinski definition) is 3. The Kier molecular flexibility index (Phi) is 4.80. The zero-order valence-corrected chi connectivity index (χ0v) is 12.7.